The van der Waals surface area contributed by atoms with E-state index in [1.165, 1.54) is 0 Å². The zero-order valence-electron chi connectivity index (χ0n) is 16.4. The molecule has 0 spiro atoms. The standard InChI is InChI=1S/C18H26N6O3/c1-18(2,3)27-12-15-21-16(24(22-15)13(10-25-4)11-26-5)14-6-8-23-9-7-19-17(23)20-14/h6-9,13H,10-12H2,1-5H3. The fraction of sp³-hybridized carbons (Fsp3) is 0.556. The lowest BCUT2D eigenvalue weighted by Crippen LogP contribution is -2.22. The Bertz CT molecular complexity index is 877. The second-order valence-corrected chi connectivity index (χ2v) is 7.21. The summed E-state index contributed by atoms with van der Waals surface area (Å²) in [6.07, 6.45) is 5.45. The maximum atomic E-state index is 5.84. The van der Waals surface area contributed by atoms with Crippen LogP contribution < -0.4 is 0 Å². The van der Waals surface area contributed by atoms with Gasteiger partial charge in [0, 0.05) is 32.8 Å². The van der Waals surface area contributed by atoms with Gasteiger partial charge < -0.3 is 14.2 Å². The van der Waals surface area contributed by atoms with Gasteiger partial charge in [-0.2, -0.15) is 5.10 Å². The van der Waals surface area contributed by atoms with Crippen molar-refractivity contribution >= 4 is 5.78 Å². The van der Waals surface area contributed by atoms with E-state index in [1.807, 2.05) is 43.6 Å². The molecule has 0 N–H and O–H groups in total. The molecule has 0 unspecified atom stereocenters. The van der Waals surface area contributed by atoms with Crippen LogP contribution in [0.25, 0.3) is 17.3 Å². The van der Waals surface area contributed by atoms with E-state index in [-0.39, 0.29) is 11.6 Å². The third-order valence-corrected chi connectivity index (χ3v) is 3.86. The van der Waals surface area contributed by atoms with Crippen molar-refractivity contribution in [1.82, 2.24) is 29.1 Å². The summed E-state index contributed by atoms with van der Waals surface area (Å²) in [5, 5.41) is 4.65. The SMILES string of the molecule is COCC(COC)n1nc(COC(C)(C)C)nc1-c1ccn2ccnc2n1. The third-order valence-electron chi connectivity index (χ3n) is 3.86. The van der Waals surface area contributed by atoms with E-state index in [1.54, 1.807) is 25.1 Å². The van der Waals surface area contributed by atoms with Crippen LogP contribution in [0.3, 0.4) is 0 Å². The number of hydrogen-bond donors (Lipinski definition) is 0. The Morgan fingerprint density at radius 2 is 1.81 bits per heavy atom. The highest BCUT2D eigenvalue weighted by atomic mass is 16.5. The number of nitrogens with zero attached hydrogens (tertiary/aromatic N) is 6. The van der Waals surface area contributed by atoms with E-state index in [0.717, 1.165) is 0 Å². The van der Waals surface area contributed by atoms with Gasteiger partial charge in [0.1, 0.15) is 18.3 Å². The minimum atomic E-state index is -0.281. The van der Waals surface area contributed by atoms with Crippen molar-refractivity contribution in [2.45, 2.75) is 39.0 Å². The largest absolute Gasteiger partial charge is 0.382 e. The lowest BCUT2D eigenvalue weighted by atomic mass is 10.2. The van der Waals surface area contributed by atoms with Crippen molar-refractivity contribution in [3.8, 4) is 11.5 Å². The molecule has 27 heavy (non-hydrogen) atoms. The molecule has 9 heteroatoms. The number of rotatable bonds is 8. The van der Waals surface area contributed by atoms with Gasteiger partial charge in [-0.15, -0.1) is 0 Å². The van der Waals surface area contributed by atoms with E-state index >= 15 is 0 Å². The normalized spacial score (nSPS) is 12.4. The maximum absolute atomic E-state index is 5.84. The highest BCUT2D eigenvalue weighted by Gasteiger charge is 2.22. The van der Waals surface area contributed by atoms with Gasteiger partial charge >= 0.3 is 0 Å². The molecule has 3 aromatic rings. The minimum Gasteiger partial charge on any atom is -0.382 e. The van der Waals surface area contributed by atoms with Crippen LogP contribution in [0.2, 0.25) is 0 Å². The molecule has 0 saturated heterocycles. The number of methoxy groups -OCH3 is 2. The molecule has 0 amide bonds. The van der Waals surface area contributed by atoms with Crippen LogP contribution in [0.1, 0.15) is 32.6 Å². The molecular formula is C18H26N6O3. The summed E-state index contributed by atoms with van der Waals surface area (Å²) in [6.45, 7) is 7.18. The molecule has 3 heterocycles. The number of fused-ring (bicyclic) bond motifs is 1. The van der Waals surface area contributed by atoms with Crippen LogP contribution >= 0.6 is 0 Å². The molecule has 0 saturated carbocycles. The molecule has 0 aliphatic carbocycles. The van der Waals surface area contributed by atoms with E-state index in [9.17, 15) is 0 Å². The Kier molecular flexibility index (Phi) is 5.83. The van der Waals surface area contributed by atoms with Crippen LogP contribution in [-0.2, 0) is 20.8 Å². The van der Waals surface area contributed by atoms with Gasteiger partial charge in [0.25, 0.3) is 0 Å². The highest BCUT2D eigenvalue weighted by Crippen LogP contribution is 2.21. The van der Waals surface area contributed by atoms with Crippen LogP contribution in [0.15, 0.2) is 24.7 Å². The molecule has 0 radical (unpaired) electrons. The fourth-order valence-electron chi connectivity index (χ4n) is 2.64. The molecule has 3 rings (SSSR count). The van der Waals surface area contributed by atoms with Crippen LogP contribution in [0.4, 0.5) is 0 Å². The van der Waals surface area contributed by atoms with Gasteiger partial charge in [0.05, 0.1) is 18.8 Å². The number of hydrogen-bond acceptors (Lipinski definition) is 7. The average Bonchev–Trinajstić information content (AvgIpc) is 3.25. The number of aromatic nitrogens is 6. The van der Waals surface area contributed by atoms with Crippen molar-refractivity contribution in [3.63, 3.8) is 0 Å². The van der Waals surface area contributed by atoms with Crippen molar-refractivity contribution in [2.75, 3.05) is 27.4 Å². The molecule has 0 aromatic carbocycles. The Hall–Kier alpha value is -2.36. The van der Waals surface area contributed by atoms with Crippen molar-refractivity contribution < 1.29 is 14.2 Å². The van der Waals surface area contributed by atoms with Gasteiger partial charge in [-0.1, -0.05) is 0 Å². The first-order valence-corrected chi connectivity index (χ1v) is 8.78. The first-order chi connectivity index (χ1) is 12.9. The lowest BCUT2D eigenvalue weighted by molar-refractivity contribution is -0.0184. The minimum absolute atomic E-state index is 0.136. The van der Waals surface area contributed by atoms with E-state index in [4.69, 9.17) is 14.2 Å². The summed E-state index contributed by atoms with van der Waals surface area (Å²) in [7, 11) is 3.30. The zero-order valence-corrected chi connectivity index (χ0v) is 16.4. The third kappa shape index (κ3) is 4.68. The highest BCUT2D eigenvalue weighted by molar-refractivity contribution is 5.52. The van der Waals surface area contributed by atoms with Crippen molar-refractivity contribution in [3.05, 3.63) is 30.5 Å². The van der Waals surface area contributed by atoms with Gasteiger partial charge in [-0.05, 0) is 26.8 Å². The van der Waals surface area contributed by atoms with Gasteiger partial charge in [-0.25, -0.2) is 19.6 Å². The van der Waals surface area contributed by atoms with E-state index in [2.05, 4.69) is 20.1 Å². The molecule has 0 aliphatic heterocycles. The molecule has 0 fully saturated rings. The van der Waals surface area contributed by atoms with Gasteiger partial charge in [-0.3, -0.25) is 4.40 Å². The number of ether oxygens (including phenoxy) is 3. The quantitative estimate of drug-likeness (QED) is 0.597. The summed E-state index contributed by atoms with van der Waals surface area (Å²) in [5.41, 5.74) is 0.400. The van der Waals surface area contributed by atoms with Gasteiger partial charge in [0.15, 0.2) is 11.6 Å². The molecule has 146 valence electrons. The zero-order chi connectivity index (χ0) is 19.4. The number of imidazole rings is 1. The summed E-state index contributed by atoms with van der Waals surface area (Å²) in [6, 6.07) is 1.75. The van der Waals surface area contributed by atoms with Crippen LogP contribution in [0.5, 0.6) is 0 Å². The summed E-state index contributed by atoms with van der Waals surface area (Å²) >= 11 is 0. The molecule has 3 aromatic heterocycles. The van der Waals surface area contributed by atoms with Gasteiger partial charge in [0.2, 0.25) is 5.78 Å². The molecule has 0 atom stereocenters. The summed E-state index contributed by atoms with van der Waals surface area (Å²) in [4.78, 5) is 13.5. The van der Waals surface area contributed by atoms with E-state index < -0.39 is 0 Å². The maximum Gasteiger partial charge on any atom is 0.234 e. The topological polar surface area (TPSA) is 88.6 Å². The fourth-order valence-corrected chi connectivity index (χ4v) is 2.64. The Morgan fingerprint density at radius 1 is 1.07 bits per heavy atom. The first-order valence-electron chi connectivity index (χ1n) is 8.78. The first kappa shape index (κ1) is 19.4. The van der Waals surface area contributed by atoms with Crippen LogP contribution in [0, 0.1) is 0 Å². The molecular weight excluding hydrogens is 348 g/mol. The molecule has 0 aliphatic rings. The Balaban J connectivity index is 2.01. The second kappa shape index (κ2) is 8.12. The average molecular weight is 374 g/mol. The molecule has 9 nitrogen and oxygen atoms in total. The Morgan fingerprint density at radius 3 is 2.48 bits per heavy atom. The monoisotopic (exact) mass is 374 g/mol. The summed E-state index contributed by atoms with van der Waals surface area (Å²) < 4.78 is 20.2. The van der Waals surface area contributed by atoms with E-state index in [0.29, 0.717) is 42.9 Å². The van der Waals surface area contributed by atoms with Crippen LogP contribution in [-0.4, -0.2) is 62.2 Å². The summed E-state index contributed by atoms with van der Waals surface area (Å²) in [5.74, 6) is 1.82. The second-order valence-electron chi connectivity index (χ2n) is 7.21. The predicted molar refractivity (Wildman–Crippen MR) is 99.3 cm³/mol. The molecule has 0 bridgehead atoms. The van der Waals surface area contributed by atoms with Crippen molar-refractivity contribution in [1.29, 1.82) is 0 Å². The van der Waals surface area contributed by atoms with Crippen molar-refractivity contribution in [2.24, 2.45) is 0 Å². The smallest absolute Gasteiger partial charge is 0.234 e. The lowest BCUT2D eigenvalue weighted by Gasteiger charge is -2.18. The predicted octanol–water partition coefficient (Wildman–Crippen LogP) is 2.14. The Labute approximate surface area is 158 Å².